The van der Waals surface area contributed by atoms with Crippen molar-refractivity contribution in [2.45, 2.75) is 19.9 Å². The fourth-order valence-corrected chi connectivity index (χ4v) is 2.05. The number of rotatable bonds is 4. The van der Waals surface area contributed by atoms with Crippen molar-refractivity contribution >= 4 is 11.6 Å². The zero-order valence-corrected chi connectivity index (χ0v) is 12.6. The van der Waals surface area contributed by atoms with Crippen LogP contribution in [0.1, 0.15) is 34.8 Å². The van der Waals surface area contributed by atoms with E-state index in [-0.39, 0.29) is 17.6 Å². The van der Waals surface area contributed by atoms with E-state index >= 15 is 0 Å². The third-order valence-corrected chi connectivity index (χ3v) is 3.46. The van der Waals surface area contributed by atoms with Crippen LogP contribution in [-0.2, 0) is 0 Å². The van der Waals surface area contributed by atoms with Crippen LogP contribution in [0.3, 0.4) is 0 Å². The molecule has 2 aromatic rings. The van der Waals surface area contributed by atoms with E-state index < -0.39 is 4.92 Å². The topological polar surface area (TPSA) is 89.2 Å². The summed E-state index contributed by atoms with van der Waals surface area (Å²) in [6.45, 7) is 3.52. The molecule has 1 heterocycles. The summed E-state index contributed by atoms with van der Waals surface area (Å²) in [6.07, 6.45) is 1.53. The minimum Gasteiger partial charge on any atom is -0.334 e. The average Bonchev–Trinajstić information content (AvgIpc) is 2.52. The lowest BCUT2D eigenvalue weighted by molar-refractivity contribution is -0.384. The summed E-state index contributed by atoms with van der Waals surface area (Å²) in [5.74, 6) is 0.256. The Balaban J connectivity index is 2.25. The Morgan fingerprint density at radius 1 is 1.36 bits per heavy atom. The zero-order chi connectivity index (χ0) is 16.3. The number of nitrogens with zero attached hydrogens (tertiary/aromatic N) is 4. The fourth-order valence-electron chi connectivity index (χ4n) is 2.05. The van der Waals surface area contributed by atoms with Crippen LogP contribution in [0.25, 0.3) is 0 Å². The first kappa shape index (κ1) is 15.6. The van der Waals surface area contributed by atoms with Gasteiger partial charge in [-0.05, 0) is 25.5 Å². The average molecular weight is 300 g/mol. The monoisotopic (exact) mass is 300 g/mol. The van der Waals surface area contributed by atoms with Gasteiger partial charge in [-0.2, -0.15) is 0 Å². The smallest absolute Gasteiger partial charge is 0.272 e. The quantitative estimate of drug-likeness (QED) is 0.639. The van der Waals surface area contributed by atoms with Crippen molar-refractivity contribution in [1.29, 1.82) is 0 Å². The summed E-state index contributed by atoms with van der Waals surface area (Å²) in [6, 6.07) is 7.49. The normalized spacial score (nSPS) is 11.8. The Morgan fingerprint density at radius 3 is 2.73 bits per heavy atom. The van der Waals surface area contributed by atoms with Crippen molar-refractivity contribution in [3.05, 3.63) is 63.7 Å². The molecule has 0 bridgehead atoms. The predicted molar refractivity (Wildman–Crippen MR) is 80.4 cm³/mol. The number of nitro groups is 1. The third kappa shape index (κ3) is 3.25. The molecule has 0 fully saturated rings. The number of aryl methyl sites for hydroxylation is 1. The SMILES string of the molecule is Cc1nccc(C(=O)N(C)C(C)c2cccc([N+](=O)[O-])c2)n1. The molecule has 0 saturated heterocycles. The van der Waals surface area contributed by atoms with Crippen molar-refractivity contribution in [2.75, 3.05) is 7.05 Å². The molecule has 1 unspecified atom stereocenters. The minimum atomic E-state index is -0.453. The number of amides is 1. The second-order valence-electron chi connectivity index (χ2n) is 4.93. The summed E-state index contributed by atoms with van der Waals surface area (Å²) in [5, 5.41) is 10.8. The first-order valence-electron chi connectivity index (χ1n) is 6.71. The van der Waals surface area contributed by atoms with E-state index in [2.05, 4.69) is 9.97 Å². The molecule has 7 nitrogen and oxygen atoms in total. The number of aromatic nitrogens is 2. The maximum absolute atomic E-state index is 12.4. The number of nitro benzene ring substituents is 1. The Labute approximate surface area is 127 Å². The Morgan fingerprint density at radius 2 is 2.09 bits per heavy atom. The Kier molecular flexibility index (Phi) is 4.45. The van der Waals surface area contributed by atoms with E-state index in [0.29, 0.717) is 17.1 Å². The first-order valence-corrected chi connectivity index (χ1v) is 6.71. The standard InChI is InChI=1S/C15H16N4O3/c1-10(12-5-4-6-13(9-12)19(21)22)18(3)15(20)14-7-8-16-11(2)17-14/h4-10H,1-3H3. The molecule has 2 rings (SSSR count). The number of hydrogen-bond acceptors (Lipinski definition) is 5. The molecule has 7 heteroatoms. The van der Waals surface area contributed by atoms with E-state index in [0.717, 1.165) is 0 Å². The summed E-state index contributed by atoms with van der Waals surface area (Å²) in [7, 11) is 1.64. The number of hydrogen-bond donors (Lipinski definition) is 0. The molecule has 0 spiro atoms. The van der Waals surface area contributed by atoms with Crippen LogP contribution in [0.5, 0.6) is 0 Å². The molecule has 0 radical (unpaired) electrons. The maximum atomic E-state index is 12.4. The van der Waals surface area contributed by atoms with Crippen LogP contribution >= 0.6 is 0 Å². The van der Waals surface area contributed by atoms with Gasteiger partial charge in [0, 0.05) is 25.4 Å². The van der Waals surface area contributed by atoms with Crippen LogP contribution in [0, 0.1) is 17.0 Å². The van der Waals surface area contributed by atoms with Crippen molar-refractivity contribution in [2.24, 2.45) is 0 Å². The summed E-state index contributed by atoms with van der Waals surface area (Å²) >= 11 is 0. The van der Waals surface area contributed by atoms with Crippen molar-refractivity contribution in [3.63, 3.8) is 0 Å². The van der Waals surface area contributed by atoms with Gasteiger partial charge in [0.15, 0.2) is 0 Å². The lowest BCUT2D eigenvalue weighted by atomic mass is 10.1. The van der Waals surface area contributed by atoms with Gasteiger partial charge in [0.1, 0.15) is 11.5 Å². The van der Waals surface area contributed by atoms with Gasteiger partial charge in [0.25, 0.3) is 11.6 Å². The van der Waals surface area contributed by atoms with Crippen LogP contribution < -0.4 is 0 Å². The molecule has 1 amide bonds. The second-order valence-corrected chi connectivity index (χ2v) is 4.93. The molecular formula is C15H16N4O3. The van der Waals surface area contributed by atoms with E-state index in [4.69, 9.17) is 0 Å². The summed E-state index contributed by atoms with van der Waals surface area (Å²) in [4.78, 5) is 32.4. The summed E-state index contributed by atoms with van der Waals surface area (Å²) in [5.41, 5.74) is 0.992. The number of carbonyl (C=O) groups excluding carboxylic acids is 1. The lowest BCUT2D eigenvalue weighted by Crippen LogP contribution is -2.30. The highest BCUT2D eigenvalue weighted by atomic mass is 16.6. The van der Waals surface area contributed by atoms with E-state index in [1.807, 2.05) is 6.92 Å². The van der Waals surface area contributed by atoms with Crippen LogP contribution in [0.2, 0.25) is 0 Å². The van der Waals surface area contributed by atoms with Crippen LogP contribution in [0.15, 0.2) is 36.5 Å². The van der Waals surface area contributed by atoms with Gasteiger partial charge in [-0.3, -0.25) is 14.9 Å². The van der Waals surface area contributed by atoms with Crippen molar-refractivity contribution in [3.8, 4) is 0 Å². The minimum absolute atomic E-state index is 0.00285. The third-order valence-electron chi connectivity index (χ3n) is 3.46. The molecule has 114 valence electrons. The molecule has 0 aliphatic heterocycles. The predicted octanol–water partition coefficient (Wildman–Crippen LogP) is 2.53. The Bertz CT molecular complexity index is 717. The number of benzene rings is 1. The summed E-state index contributed by atoms with van der Waals surface area (Å²) < 4.78 is 0. The van der Waals surface area contributed by atoms with E-state index in [1.165, 1.54) is 23.2 Å². The Hall–Kier alpha value is -2.83. The maximum Gasteiger partial charge on any atom is 0.272 e. The van der Waals surface area contributed by atoms with Crippen LogP contribution in [0.4, 0.5) is 5.69 Å². The molecule has 0 saturated carbocycles. The lowest BCUT2D eigenvalue weighted by Gasteiger charge is -2.25. The van der Waals surface area contributed by atoms with Gasteiger partial charge in [-0.25, -0.2) is 9.97 Å². The zero-order valence-electron chi connectivity index (χ0n) is 12.6. The van der Waals surface area contributed by atoms with Gasteiger partial charge < -0.3 is 4.90 Å². The van der Waals surface area contributed by atoms with Gasteiger partial charge in [-0.1, -0.05) is 12.1 Å². The number of non-ortho nitro benzene ring substituents is 1. The van der Waals surface area contributed by atoms with Gasteiger partial charge in [0.05, 0.1) is 11.0 Å². The molecule has 0 N–H and O–H groups in total. The molecule has 1 aromatic heterocycles. The van der Waals surface area contributed by atoms with Crippen molar-refractivity contribution in [1.82, 2.24) is 14.9 Å². The molecule has 22 heavy (non-hydrogen) atoms. The molecular weight excluding hydrogens is 284 g/mol. The highest BCUT2D eigenvalue weighted by molar-refractivity contribution is 5.92. The first-order chi connectivity index (χ1) is 10.4. The highest BCUT2D eigenvalue weighted by Gasteiger charge is 2.21. The van der Waals surface area contributed by atoms with Gasteiger partial charge in [0.2, 0.25) is 0 Å². The van der Waals surface area contributed by atoms with Gasteiger partial charge >= 0.3 is 0 Å². The van der Waals surface area contributed by atoms with E-state index in [1.54, 1.807) is 32.2 Å². The molecule has 0 aliphatic carbocycles. The number of carbonyl (C=O) groups is 1. The van der Waals surface area contributed by atoms with Gasteiger partial charge in [-0.15, -0.1) is 0 Å². The largest absolute Gasteiger partial charge is 0.334 e. The molecule has 1 aromatic carbocycles. The fraction of sp³-hybridized carbons (Fsp3) is 0.267. The highest BCUT2D eigenvalue weighted by Crippen LogP contribution is 2.23. The molecule has 0 aliphatic rings. The van der Waals surface area contributed by atoms with Crippen LogP contribution in [-0.4, -0.2) is 32.7 Å². The second kappa shape index (κ2) is 6.30. The molecule has 1 atom stereocenters. The van der Waals surface area contributed by atoms with Crippen molar-refractivity contribution < 1.29 is 9.72 Å². The van der Waals surface area contributed by atoms with E-state index in [9.17, 15) is 14.9 Å².